The van der Waals surface area contributed by atoms with E-state index >= 15 is 0 Å². The average molecular weight is 488 g/mol. The first-order valence-corrected chi connectivity index (χ1v) is 11.8. The summed E-state index contributed by atoms with van der Waals surface area (Å²) in [6.07, 6.45) is 0. The summed E-state index contributed by atoms with van der Waals surface area (Å²) in [7, 11) is -2.52. The maximum Gasteiger partial charge on any atom is 0.338 e. The summed E-state index contributed by atoms with van der Waals surface area (Å²) >= 11 is 6.11. The highest BCUT2D eigenvalue weighted by Gasteiger charge is 2.21. The molecule has 172 valence electrons. The van der Waals surface area contributed by atoms with E-state index in [9.17, 15) is 18.0 Å². The van der Waals surface area contributed by atoms with Crippen LogP contribution in [0, 0.1) is 0 Å². The van der Waals surface area contributed by atoms with Crippen LogP contribution < -0.4 is 9.46 Å². The third-order valence-corrected chi connectivity index (χ3v) is 6.69. The van der Waals surface area contributed by atoms with E-state index in [1.54, 1.807) is 42.5 Å². The number of hydrogen-bond donors (Lipinski definition) is 1. The third-order valence-electron chi connectivity index (χ3n) is 4.81. The van der Waals surface area contributed by atoms with Gasteiger partial charge in [0.15, 0.2) is 5.78 Å². The summed E-state index contributed by atoms with van der Waals surface area (Å²) in [4.78, 5) is 24.0. The highest BCUT2D eigenvalue weighted by molar-refractivity contribution is 7.89. The van der Waals surface area contributed by atoms with E-state index in [0.29, 0.717) is 16.9 Å². The quantitative estimate of drug-likeness (QED) is 0.355. The molecule has 0 aliphatic carbocycles. The molecule has 0 saturated heterocycles. The van der Waals surface area contributed by atoms with Crippen molar-refractivity contribution in [3.63, 3.8) is 0 Å². The Morgan fingerprint density at radius 3 is 2.33 bits per heavy atom. The molecule has 0 aliphatic rings. The Morgan fingerprint density at radius 2 is 1.67 bits per heavy atom. The number of ether oxygens (including phenoxy) is 2. The number of nitrogens with one attached hydrogen (secondary N) is 1. The van der Waals surface area contributed by atoms with Gasteiger partial charge in [-0.15, -0.1) is 0 Å². The van der Waals surface area contributed by atoms with Crippen LogP contribution in [0.1, 0.15) is 38.8 Å². The smallest absolute Gasteiger partial charge is 0.338 e. The molecule has 0 amide bonds. The van der Waals surface area contributed by atoms with Crippen LogP contribution in [0.4, 0.5) is 0 Å². The molecule has 0 fully saturated rings. The fourth-order valence-corrected chi connectivity index (χ4v) is 4.57. The Balaban J connectivity index is 1.77. The number of rotatable bonds is 9. The molecular weight excluding hydrogens is 466 g/mol. The van der Waals surface area contributed by atoms with E-state index in [0.717, 1.165) is 5.56 Å². The van der Waals surface area contributed by atoms with Crippen LogP contribution in [0.15, 0.2) is 71.6 Å². The van der Waals surface area contributed by atoms with Crippen molar-refractivity contribution in [3.8, 4) is 5.75 Å². The molecule has 0 aliphatic heterocycles. The summed E-state index contributed by atoms with van der Waals surface area (Å²) in [5, 5.41) is -0.0251. The zero-order chi connectivity index (χ0) is 24.0. The van der Waals surface area contributed by atoms with Crippen LogP contribution in [-0.4, -0.2) is 27.3 Å². The first kappa shape index (κ1) is 24.4. The Bertz CT molecular complexity index is 1280. The van der Waals surface area contributed by atoms with Crippen molar-refractivity contribution >= 4 is 33.4 Å². The molecule has 0 atom stereocenters. The van der Waals surface area contributed by atoms with Gasteiger partial charge in [-0.25, -0.2) is 17.9 Å². The average Bonchev–Trinajstić information content (AvgIpc) is 2.81. The second-order valence-electron chi connectivity index (χ2n) is 7.11. The maximum atomic E-state index is 12.8. The van der Waals surface area contributed by atoms with Gasteiger partial charge in [-0.2, -0.15) is 0 Å². The summed E-state index contributed by atoms with van der Waals surface area (Å²) in [5.74, 6) is -0.431. The first-order valence-electron chi connectivity index (χ1n) is 9.89. The number of benzene rings is 3. The van der Waals surface area contributed by atoms with Crippen molar-refractivity contribution in [1.82, 2.24) is 4.72 Å². The van der Waals surface area contributed by atoms with Crippen molar-refractivity contribution in [2.24, 2.45) is 0 Å². The predicted octanol–water partition coefficient (Wildman–Crippen LogP) is 4.39. The van der Waals surface area contributed by atoms with Gasteiger partial charge < -0.3 is 9.47 Å². The van der Waals surface area contributed by atoms with Gasteiger partial charge in [-0.1, -0.05) is 41.9 Å². The van der Waals surface area contributed by atoms with Gasteiger partial charge in [-0.05, 0) is 48.9 Å². The van der Waals surface area contributed by atoms with Gasteiger partial charge in [0.05, 0.1) is 17.7 Å². The minimum Gasteiger partial charge on any atom is -0.496 e. The van der Waals surface area contributed by atoms with Gasteiger partial charge in [0, 0.05) is 17.7 Å². The number of ketones is 1. The van der Waals surface area contributed by atoms with Crippen LogP contribution in [0.5, 0.6) is 5.75 Å². The van der Waals surface area contributed by atoms with Crippen molar-refractivity contribution in [2.45, 2.75) is 25.0 Å². The van der Waals surface area contributed by atoms with Crippen molar-refractivity contribution in [3.05, 3.63) is 94.0 Å². The van der Waals surface area contributed by atoms with Crippen molar-refractivity contribution in [2.75, 3.05) is 7.11 Å². The zero-order valence-electron chi connectivity index (χ0n) is 18.0. The van der Waals surface area contributed by atoms with Gasteiger partial charge in [0.25, 0.3) is 0 Å². The van der Waals surface area contributed by atoms with Gasteiger partial charge in [-0.3, -0.25) is 4.79 Å². The lowest BCUT2D eigenvalue weighted by Crippen LogP contribution is -2.24. The van der Waals surface area contributed by atoms with Crippen LogP contribution in [0.2, 0.25) is 5.02 Å². The molecule has 9 heteroatoms. The number of hydrogen-bond acceptors (Lipinski definition) is 6. The lowest BCUT2D eigenvalue weighted by molar-refractivity contribution is 0.0470. The lowest BCUT2D eigenvalue weighted by atomic mass is 10.1. The zero-order valence-corrected chi connectivity index (χ0v) is 19.6. The molecule has 33 heavy (non-hydrogen) atoms. The van der Waals surface area contributed by atoms with Gasteiger partial charge in [0.1, 0.15) is 17.3 Å². The topological polar surface area (TPSA) is 98.8 Å². The highest BCUT2D eigenvalue weighted by Crippen LogP contribution is 2.25. The molecule has 0 saturated carbocycles. The summed E-state index contributed by atoms with van der Waals surface area (Å²) in [6, 6.07) is 17.7. The molecule has 3 rings (SSSR count). The molecule has 0 spiro atoms. The maximum absolute atomic E-state index is 12.8. The van der Waals surface area contributed by atoms with E-state index in [2.05, 4.69) is 4.72 Å². The fraction of sp³-hybridized carbons (Fsp3) is 0.167. The number of halogens is 1. The number of sulfonamides is 1. The molecular formula is C24H22ClNO6S. The van der Waals surface area contributed by atoms with E-state index in [-0.39, 0.29) is 34.4 Å². The first-order chi connectivity index (χ1) is 15.7. The molecule has 3 aromatic carbocycles. The summed E-state index contributed by atoms with van der Waals surface area (Å²) in [6.45, 7) is 1.33. The Morgan fingerprint density at radius 1 is 0.970 bits per heavy atom. The van der Waals surface area contributed by atoms with Crippen molar-refractivity contribution < 1.29 is 27.5 Å². The summed E-state index contributed by atoms with van der Waals surface area (Å²) in [5.41, 5.74) is 1.74. The number of carbonyl (C=O) groups is 2. The van der Waals surface area contributed by atoms with Crippen molar-refractivity contribution in [1.29, 1.82) is 0 Å². The molecule has 1 N–H and O–H groups in total. The summed E-state index contributed by atoms with van der Waals surface area (Å²) < 4.78 is 38.6. The monoisotopic (exact) mass is 487 g/mol. The standard InChI is InChI=1S/C24H22ClNO6S/c1-16(27)18-9-11-22(31-2)20(12-18)15-32-24(28)19-8-10-21(25)23(13-19)33(29,30)26-14-17-6-4-3-5-7-17/h3-13,26H,14-15H2,1-2H3. The van der Waals surface area contributed by atoms with E-state index < -0.39 is 16.0 Å². The SMILES string of the molecule is COc1ccc(C(C)=O)cc1COC(=O)c1ccc(Cl)c(S(=O)(=O)NCc2ccccc2)c1. The molecule has 0 unspecified atom stereocenters. The number of carbonyl (C=O) groups excluding carboxylic acids is 2. The van der Waals surface area contributed by atoms with Crippen LogP contribution >= 0.6 is 11.6 Å². The third kappa shape index (κ3) is 6.19. The molecule has 0 radical (unpaired) electrons. The van der Waals surface area contributed by atoms with Crippen LogP contribution in [0.3, 0.4) is 0 Å². The number of esters is 1. The molecule has 7 nitrogen and oxygen atoms in total. The lowest BCUT2D eigenvalue weighted by Gasteiger charge is -2.12. The Kier molecular flexibility index (Phi) is 7.86. The predicted molar refractivity (Wildman–Crippen MR) is 124 cm³/mol. The van der Waals surface area contributed by atoms with E-state index in [1.165, 1.54) is 32.2 Å². The Labute approximate surface area is 197 Å². The highest BCUT2D eigenvalue weighted by atomic mass is 35.5. The van der Waals surface area contributed by atoms with Gasteiger partial charge >= 0.3 is 5.97 Å². The normalized spacial score (nSPS) is 11.1. The molecule has 0 aromatic heterocycles. The second kappa shape index (κ2) is 10.6. The van der Waals surface area contributed by atoms with Crippen LogP contribution in [0.25, 0.3) is 0 Å². The van der Waals surface area contributed by atoms with Crippen LogP contribution in [-0.2, 0) is 27.9 Å². The minimum absolute atomic E-state index is 0.0150. The molecule has 0 bridgehead atoms. The molecule has 0 heterocycles. The second-order valence-corrected chi connectivity index (χ2v) is 9.26. The van der Waals surface area contributed by atoms with E-state index in [4.69, 9.17) is 21.1 Å². The molecule has 3 aromatic rings. The largest absolute Gasteiger partial charge is 0.496 e. The van der Waals surface area contributed by atoms with Gasteiger partial charge in [0.2, 0.25) is 10.0 Å². The Hall–Kier alpha value is -3.20. The minimum atomic E-state index is -3.99. The van der Waals surface area contributed by atoms with E-state index in [1.807, 2.05) is 6.07 Å². The number of Topliss-reactive ketones (excluding diaryl/α,β-unsaturated/α-hetero) is 1. The number of methoxy groups -OCH3 is 1. The fourth-order valence-electron chi connectivity index (χ4n) is 3.03.